The van der Waals surface area contributed by atoms with Crippen molar-refractivity contribution in [2.24, 2.45) is 0 Å². The first-order valence-electron chi connectivity index (χ1n) is 6.20. The van der Waals surface area contributed by atoms with Gasteiger partial charge in [-0.15, -0.1) is 0 Å². The minimum atomic E-state index is -1.28. The van der Waals surface area contributed by atoms with Gasteiger partial charge in [0.25, 0.3) is 6.29 Å². The summed E-state index contributed by atoms with van der Waals surface area (Å²) in [4.78, 5) is 5.44. The van der Waals surface area contributed by atoms with Gasteiger partial charge in [-0.1, -0.05) is 12.1 Å². The highest BCUT2D eigenvalue weighted by Crippen LogP contribution is 2.27. The van der Waals surface area contributed by atoms with Gasteiger partial charge in [-0.3, -0.25) is 0 Å². The Kier molecular flexibility index (Phi) is 3.27. The number of nitrogens with zero attached hydrogens (tertiary/aromatic N) is 1. The molecule has 7 nitrogen and oxygen atoms in total. The lowest BCUT2D eigenvalue weighted by Gasteiger charge is -2.17. The van der Waals surface area contributed by atoms with Gasteiger partial charge in [-0.05, 0) is 12.1 Å². The number of hydrogen-bond acceptors (Lipinski definition) is 6. The zero-order chi connectivity index (χ0) is 14.3. The van der Waals surface area contributed by atoms with E-state index in [2.05, 4.69) is 0 Å². The molecule has 108 valence electrons. The van der Waals surface area contributed by atoms with E-state index in [9.17, 15) is 15.3 Å². The molecule has 1 aromatic carbocycles. The van der Waals surface area contributed by atoms with E-state index in [-0.39, 0.29) is 5.75 Å². The number of rotatable bonds is 3. The Morgan fingerprint density at radius 1 is 1.20 bits per heavy atom. The van der Waals surface area contributed by atoms with Gasteiger partial charge >= 0.3 is 0 Å². The summed E-state index contributed by atoms with van der Waals surface area (Å²) in [5.41, 5.74) is 0.600. The van der Waals surface area contributed by atoms with Crippen LogP contribution >= 0.6 is 0 Å². The van der Waals surface area contributed by atoms with Crippen LogP contribution in [0.25, 0.3) is 10.9 Å². The first-order valence-corrected chi connectivity index (χ1v) is 6.20. The molecular formula is C13H15NO6. The van der Waals surface area contributed by atoms with Crippen molar-refractivity contribution in [2.75, 3.05) is 6.61 Å². The molecule has 4 N–H and O–H groups in total. The number of hydrogen-bond donors (Lipinski definition) is 4. The molecule has 0 saturated carbocycles. The third-order valence-corrected chi connectivity index (χ3v) is 3.37. The zero-order valence-electron chi connectivity index (χ0n) is 10.5. The van der Waals surface area contributed by atoms with Gasteiger partial charge in [0.1, 0.15) is 24.1 Å². The molecular weight excluding hydrogens is 266 g/mol. The predicted molar refractivity (Wildman–Crippen MR) is 67.9 cm³/mol. The van der Waals surface area contributed by atoms with E-state index in [1.165, 1.54) is 10.9 Å². The van der Waals surface area contributed by atoms with Crippen molar-refractivity contribution in [3.8, 4) is 5.75 Å². The fraction of sp³-hybridized carbons (Fsp3) is 0.385. The Bertz CT molecular complexity index is 612. The molecule has 3 rings (SSSR count). The van der Waals surface area contributed by atoms with Crippen LogP contribution in [-0.4, -0.2) is 56.4 Å². The highest BCUT2D eigenvalue weighted by Gasteiger charge is 2.44. The van der Waals surface area contributed by atoms with Crippen molar-refractivity contribution in [1.29, 1.82) is 0 Å². The average molecular weight is 281 g/mol. The molecule has 7 heteroatoms. The molecule has 0 unspecified atom stereocenters. The number of aromatic nitrogens is 1. The summed E-state index contributed by atoms with van der Waals surface area (Å²) >= 11 is 0. The van der Waals surface area contributed by atoms with Crippen LogP contribution in [0, 0.1) is 0 Å². The Morgan fingerprint density at radius 2 is 1.95 bits per heavy atom. The molecule has 0 spiro atoms. The van der Waals surface area contributed by atoms with Crippen molar-refractivity contribution < 1.29 is 30.0 Å². The number of aliphatic hydroxyl groups excluding tert-OH is 3. The average Bonchev–Trinajstić information content (AvgIpc) is 2.92. The lowest BCUT2D eigenvalue weighted by atomic mass is 10.1. The second-order valence-electron chi connectivity index (χ2n) is 4.67. The van der Waals surface area contributed by atoms with Crippen LogP contribution in [0.1, 0.15) is 0 Å². The number of aromatic hydroxyl groups is 1. The van der Waals surface area contributed by atoms with Crippen LogP contribution in [0.5, 0.6) is 5.75 Å². The maximum absolute atomic E-state index is 9.81. The highest BCUT2D eigenvalue weighted by atomic mass is 16.8. The smallest absolute Gasteiger partial charge is 0.254 e. The molecule has 2 aromatic rings. The first-order chi connectivity index (χ1) is 9.61. The quantitative estimate of drug-likeness (QED) is 0.588. The molecule has 0 bridgehead atoms. The predicted octanol–water partition coefficient (Wildman–Crippen LogP) is -0.786. The first kappa shape index (κ1) is 13.2. The largest absolute Gasteiger partial charge is 0.506 e. The van der Waals surface area contributed by atoms with Gasteiger partial charge in [0.05, 0.1) is 18.3 Å². The van der Waals surface area contributed by atoms with Gasteiger partial charge in [0.2, 0.25) is 0 Å². The third kappa shape index (κ3) is 2.01. The minimum absolute atomic E-state index is 0.0346. The summed E-state index contributed by atoms with van der Waals surface area (Å²) in [6.07, 6.45) is -3.18. The standard InChI is InChI=1S/C13H15NO6/c15-6-10-11(17)12(18)13(19-10)20-14-5-9(16)7-3-1-2-4-8(7)14/h1-5,10-13,15-18H,6H2/t10-,11-,12-,13-/m1/s1. The maximum Gasteiger partial charge on any atom is 0.254 e. The SMILES string of the molecule is OC[C@H]1O[C@H](On2cc(O)c3ccccc32)[C@H](O)[C@@H]1O. The van der Waals surface area contributed by atoms with Crippen molar-refractivity contribution in [3.63, 3.8) is 0 Å². The monoisotopic (exact) mass is 281 g/mol. The van der Waals surface area contributed by atoms with Crippen molar-refractivity contribution in [3.05, 3.63) is 30.5 Å². The van der Waals surface area contributed by atoms with Crippen molar-refractivity contribution >= 4 is 10.9 Å². The Labute approximate surface area is 114 Å². The second-order valence-corrected chi connectivity index (χ2v) is 4.67. The molecule has 0 radical (unpaired) electrons. The second kappa shape index (κ2) is 4.95. The lowest BCUT2D eigenvalue weighted by Crippen LogP contribution is -2.38. The Hall–Kier alpha value is -1.80. The van der Waals surface area contributed by atoms with Crippen LogP contribution in [-0.2, 0) is 4.74 Å². The zero-order valence-corrected chi connectivity index (χ0v) is 10.5. The molecule has 1 aliphatic heterocycles. The van der Waals surface area contributed by atoms with E-state index in [1.807, 2.05) is 0 Å². The maximum atomic E-state index is 9.81. The third-order valence-electron chi connectivity index (χ3n) is 3.37. The molecule has 1 fully saturated rings. The molecule has 1 aliphatic rings. The molecule has 0 aliphatic carbocycles. The van der Waals surface area contributed by atoms with Crippen LogP contribution in [0.3, 0.4) is 0 Å². The van der Waals surface area contributed by atoms with E-state index < -0.39 is 31.2 Å². The lowest BCUT2D eigenvalue weighted by molar-refractivity contribution is -0.168. The normalized spacial score (nSPS) is 29.9. The topological polar surface area (TPSA) is 104 Å². The molecule has 0 amide bonds. The summed E-state index contributed by atoms with van der Waals surface area (Å²) in [6.45, 7) is -0.421. The van der Waals surface area contributed by atoms with Gasteiger partial charge in [-0.2, -0.15) is 4.73 Å². The summed E-state index contributed by atoms with van der Waals surface area (Å²) in [5.74, 6) is 0.0346. The number of aliphatic hydroxyl groups is 3. The van der Waals surface area contributed by atoms with Gasteiger partial charge in [-0.25, -0.2) is 0 Å². The molecule has 20 heavy (non-hydrogen) atoms. The molecule has 1 aromatic heterocycles. The fourth-order valence-corrected chi connectivity index (χ4v) is 2.28. The van der Waals surface area contributed by atoms with E-state index in [1.54, 1.807) is 24.3 Å². The molecule has 4 atom stereocenters. The van der Waals surface area contributed by atoms with Crippen molar-refractivity contribution in [1.82, 2.24) is 4.73 Å². The number of benzene rings is 1. The van der Waals surface area contributed by atoms with E-state index in [4.69, 9.17) is 14.7 Å². The Morgan fingerprint density at radius 3 is 2.65 bits per heavy atom. The van der Waals surface area contributed by atoms with Gasteiger partial charge < -0.3 is 30.0 Å². The van der Waals surface area contributed by atoms with Crippen LogP contribution < -0.4 is 4.84 Å². The number of fused-ring (bicyclic) bond motifs is 1. The number of para-hydroxylation sites is 1. The van der Waals surface area contributed by atoms with Crippen LogP contribution in [0.2, 0.25) is 0 Å². The Balaban J connectivity index is 1.87. The van der Waals surface area contributed by atoms with E-state index in [0.717, 1.165) is 0 Å². The summed E-state index contributed by atoms with van der Waals surface area (Å²) in [5, 5.41) is 38.9. The summed E-state index contributed by atoms with van der Waals surface area (Å²) in [7, 11) is 0. The van der Waals surface area contributed by atoms with E-state index in [0.29, 0.717) is 10.9 Å². The minimum Gasteiger partial charge on any atom is -0.506 e. The van der Waals surface area contributed by atoms with Crippen LogP contribution in [0.15, 0.2) is 30.5 Å². The summed E-state index contributed by atoms with van der Waals surface area (Å²) < 4.78 is 6.49. The van der Waals surface area contributed by atoms with Gasteiger partial charge in [0.15, 0.2) is 0 Å². The number of ether oxygens (including phenoxy) is 1. The summed E-state index contributed by atoms with van der Waals surface area (Å²) in [6, 6.07) is 7.01. The molecule has 1 saturated heterocycles. The highest BCUT2D eigenvalue weighted by molar-refractivity contribution is 5.86. The fourth-order valence-electron chi connectivity index (χ4n) is 2.28. The van der Waals surface area contributed by atoms with E-state index >= 15 is 0 Å². The van der Waals surface area contributed by atoms with Gasteiger partial charge in [0, 0.05) is 5.39 Å². The van der Waals surface area contributed by atoms with Crippen LogP contribution in [0.4, 0.5) is 0 Å². The van der Waals surface area contributed by atoms with Crippen molar-refractivity contribution in [2.45, 2.75) is 24.6 Å². The molecule has 2 heterocycles.